The van der Waals surface area contributed by atoms with Crippen LogP contribution in [0.5, 0.6) is 0 Å². The number of nitrogens with zero attached hydrogens (tertiary/aromatic N) is 1. The molecule has 4 aromatic rings. The van der Waals surface area contributed by atoms with Crippen molar-refractivity contribution in [1.29, 1.82) is 0 Å². The second kappa shape index (κ2) is 6.06. The van der Waals surface area contributed by atoms with E-state index in [1.807, 2.05) is 79.8 Å². The summed E-state index contributed by atoms with van der Waals surface area (Å²) in [6.45, 7) is 2.06. The van der Waals surface area contributed by atoms with Crippen LogP contribution in [0.25, 0.3) is 10.9 Å². The van der Waals surface area contributed by atoms with E-state index in [0.29, 0.717) is 0 Å². The summed E-state index contributed by atoms with van der Waals surface area (Å²) >= 11 is 0. The molecule has 2 nitrogen and oxygen atoms in total. The van der Waals surface area contributed by atoms with Gasteiger partial charge in [-0.2, -0.15) is 0 Å². The van der Waals surface area contributed by atoms with Crippen molar-refractivity contribution in [3.05, 3.63) is 90.6 Å². The Bertz CT molecular complexity index is 1040. The number of para-hydroxylation sites is 1. The van der Waals surface area contributed by atoms with E-state index < -0.39 is 7.14 Å². The molecule has 1 aromatic heterocycles. The summed E-state index contributed by atoms with van der Waals surface area (Å²) in [5.41, 5.74) is 2.17. The van der Waals surface area contributed by atoms with Gasteiger partial charge in [0.2, 0.25) is 0 Å². The van der Waals surface area contributed by atoms with Crippen LogP contribution in [0.4, 0.5) is 0 Å². The Labute approximate surface area is 148 Å². The first kappa shape index (κ1) is 15.9. The Morgan fingerprint density at radius 1 is 0.720 bits per heavy atom. The Morgan fingerprint density at radius 2 is 1.20 bits per heavy atom. The van der Waals surface area contributed by atoms with Crippen molar-refractivity contribution in [3.8, 4) is 0 Å². The molecule has 25 heavy (non-hydrogen) atoms. The summed E-state index contributed by atoms with van der Waals surface area (Å²) in [6.07, 6.45) is 0. The molecule has 0 unspecified atom stereocenters. The van der Waals surface area contributed by atoms with Gasteiger partial charge in [-0.1, -0.05) is 78.9 Å². The molecule has 0 saturated heterocycles. The van der Waals surface area contributed by atoms with E-state index in [2.05, 4.69) is 23.6 Å². The van der Waals surface area contributed by atoms with Crippen LogP contribution in [0, 0.1) is 6.92 Å². The average Bonchev–Trinajstić information content (AvgIpc) is 2.94. The van der Waals surface area contributed by atoms with Gasteiger partial charge in [-0.05, 0) is 13.0 Å². The fourth-order valence-corrected chi connectivity index (χ4v) is 6.71. The zero-order valence-electron chi connectivity index (χ0n) is 14.4. The largest absolute Gasteiger partial charge is 0.347 e. The zero-order valence-corrected chi connectivity index (χ0v) is 15.3. The Balaban J connectivity index is 2.15. The van der Waals surface area contributed by atoms with Crippen LogP contribution in [0.2, 0.25) is 0 Å². The van der Waals surface area contributed by atoms with Crippen molar-refractivity contribution in [1.82, 2.24) is 4.57 Å². The normalized spacial score (nSPS) is 11.8. The highest BCUT2D eigenvalue weighted by Crippen LogP contribution is 2.45. The van der Waals surface area contributed by atoms with Gasteiger partial charge in [0.05, 0.1) is 0 Å². The van der Waals surface area contributed by atoms with Crippen molar-refractivity contribution in [2.75, 3.05) is 0 Å². The van der Waals surface area contributed by atoms with Gasteiger partial charge in [-0.3, -0.25) is 0 Å². The van der Waals surface area contributed by atoms with Crippen LogP contribution >= 0.6 is 7.14 Å². The Morgan fingerprint density at radius 3 is 1.76 bits per heavy atom. The SMILES string of the molecule is Cc1c(P(=O)(c2ccccc2)c2ccccc2)c2ccccc2n1C. The summed E-state index contributed by atoms with van der Waals surface area (Å²) < 4.78 is 16.8. The standard InChI is InChI=1S/C22H20NOP/c1-17-22(20-15-9-10-16-21(20)23(17)2)25(24,18-11-5-3-6-12-18)19-13-7-4-8-14-19/h3-16H,1-2H3. The summed E-state index contributed by atoms with van der Waals surface area (Å²) in [4.78, 5) is 0. The lowest BCUT2D eigenvalue weighted by atomic mass is 10.2. The first-order valence-corrected chi connectivity index (χ1v) is 10.1. The fourth-order valence-electron chi connectivity index (χ4n) is 3.58. The second-order valence-electron chi connectivity index (χ2n) is 6.29. The van der Waals surface area contributed by atoms with E-state index in [0.717, 1.165) is 32.5 Å². The average molecular weight is 345 g/mol. The van der Waals surface area contributed by atoms with Crippen molar-refractivity contribution in [2.45, 2.75) is 6.92 Å². The fraction of sp³-hybridized carbons (Fsp3) is 0.0909. The van der Waals surface area contributed by atoms with E-state index in [9.17, 15) is 4.57 Å². The van der Waals surface area contributed by atoms with Gasteiger partial charge in [0.25, 0.3) is 0 Å². The lowest BCUT2D eigenvalue weighted by Gasteiger charge is -2.20. The van der Waals surface area contributed by atoms with Crippen molar-refractivity contribution in [3.63, 3.8) is 0 Å². The third-order valence-electron chi connectivity index (χ3n) is 4.92. The smallest absolute Gasteiger partial charge is 0.173 e. The number of aryl methyl sites for hydroxylation is 1. The first-order valence-electron chi connectivity index (χ1n) is 8.40. The molecule has 3 heteroatoms. The molecule has 0 aliphatic rings. The number of hydrogen-bond donors (Lipinski definition) is 0. The summed E-state index contributed by atoms with van der Waals surface area (Å²) in [6, 6.07) is 27.9. The van der Waals surface area contributed by atoms with E-state index in [-0.39, 0.29) is 0 Å². The van der Waals surface area contributed by atoms with Crippen LogP contribution in [0.15, 0.2) is 84.9 Å². The number of hydrogen-bond acceptors (Lipinski definition) is 1. The van der Waals surface area contributed by atoms with Crippen molar-refractivity contribution < 1.29 is 4.57 Å². The van der Waals surface area contributed by atoms with Crippen molar-refractivity contribution in [2.24, 2.45) is 7.05 Å². The lowest BCUT2D eigenvalue weighted by Crippen LogP contribution is -2.26. The third kappa shape index (κ3) is 2.37. The summed E-state index contributed by atoms with van der Waals surface area (Å²) in [5, 5.41) is 3.77. The predicted molar refractivity (Wildman–Crippen MR) is 107 cm³/mol. The number of benzene rings is 3. The van der Waals surface area contributed by atoms with E-state index in [1.54, 1.807) is 0 Å². The van der Waals surface area contributed by atoms with E-state index in [4.69, 9.17) is 0 Å². The number of fused-ring (bicyclic) bond motifs is 1. The van der Waals surface area contributed by atoms with E-state index >= 15 is 0 Å². The molecule has 0 saturated carbocycles. The van der Waals surface area contributed by atoms with Crippen molar-refractivity contribution >= 4 is 34.0 Å². The maximum absolute atomic E-state index is 14.7. The maximum Gasteiger partial charge on any atom is 0.173 e. The number of aromatic nitrogens is 1. The van der Waals surface area contributed by atoms with E-state index in [1.165, 1.54) is 0 Å². The molecule has 0 fully saturated rings. The Hall–Kier alpha value is -2.57. The van der Waals surface area contributed by atoms with Crippen LogP contribution < -0.4 is 15.9 Å². The molecule has 0 N–H and O–H groups in total. The highest BCUT2D eigenvalue weighted by Gasteiger charge is 2.34. The first-order chi connectivity index (χ1) is 12.1. The maximum atomic E-state index is 14.7. The highest BCUT2D eigenvalue weighted by molar-refractivity contribution is 7.85. The highest BCUT2D eigenvalue weighted by atomic mass is 31.2. The minimum atomic E-state index is -2.96. The topological polar surface area (TPSA) is 22.0 Å². The monoisotopic (exact) mass is 345 g/mol. The lowest BCUT2D eigenvalue weighted by molar-refractivity contribution is 0.592. The third-order valence-corrected chi connectivity index (χ3v) is 8.17. The van der Waals surface area contributed by atoms with Gasteiger partial charge in [0.1, 0.15) is 0 Å². The molecule has 0 spiro atoms. The van der Waals surface area contributed by atoms with Crippen LogP contribution in [0.3, 0.4) is 0 Å². The van der Waals surface area contributed by atoms with Gasteiger partial charge in [0, 0.05) is 39.6 Å². The zero-order chi connectivity index (χ0) is 17.4. The molecule has 124 valence electrons. The molecular formula is C22H20NOP. The molecule has 0 atom stereocenters. The van der Waals surface area contributed by atoms with Gasteiger partial charge in [0.15, 0.2) is 7.14 Å². The molecular weight excluding hydrogens is 325 g/mol. The van der Waals surface area contributed by atoms with Crippen LogP contribution in [-0.2, 0) is 11.6 Å². The van der Waals surface area contributed by atoms with Gasteiger partial charge >= 0.3 is 0 Å². The molecule has 4 rings (SSSR count). The molecule has 0 amide bonds. The van der Waals surface area contributed by atoms with Crippen LogP contribution in [0.1, 0.15) is 5.69 Å². The minimum Gasteiger partial charge on any atom is -0.347 e. The molecule has 1 heterocycles. The second-order valence-corrected chi connectivity index (χ2v) is 8.99. The Kier molecular flexibility index (Phi) is 3.86. The molecule has 0 aliphatic heterocycles. The molecule has 0 aliphatic carbocycles. The summed E-state index contributed by atoms with van der Waals surface area (Å²) in [5.74, 6) is 0. The number of rotatable bonds is 3. The molecule has 0 bridgehead atoms. The minimum absolute atomic E-state index is 0.876. The predicted octanol–water partition coefficient (Wildman–Crippen LogP) is 4.13. The van der Waals surface area contributed by atoms with Gasteiger partial charge < -0.3 is 9.13 Å². The quantitative estimate of drug-likeness (QED) is 0.512. The summed E-state index contributed by atoms with van der Waals surface area (Å²) in [7, 11) is -0.916. The molecule has 0 radical (unpaired) electrons. The molecule has 3 aromatic carbocycles. The van der Waals surface area contributed by atoms with Crippen LogP contribution in [-0.4, -0.2) is 4.57 Å². The van der Waals surface area contributed by atoms with Gasteiger partial charge in [-0.25, -0.2) is 0 Å². The van der Waals surface area contributed by atoms with Gasteiger partial charge in [-0.15, -0.1) is 0 Å².